The van der Waals surface area contributed by atoms with Gasteiger partial charge in [-0.05, 0) is 31.2 Å². The summed E-state index contributed by atoms with van der Waals surface area (Å²) in [7, 11) is -1.23. The van der Waals surface area contributed by atoms with Gasteiger partial charge in [-0.25, -0.2) is 13.1 Å². The van der Waals surface area contributed by atoms with Crippen molar-refractivity contribution in [2.45, 2.75) is 24.3 Å². The van der Waals surface area contributed by atoms with Crippen LogP contribution in [0.1, 0.15) is 19.4 Å². The Kier molecular flexibility index (Phi) is 5.94. The number of rotatable bonds is 7. The number of methoxy groups -OCH3 is 2. The fraction of sp³-hybridized carbons (Fsp3) is 0.238. The molecule has 0 aliphatic carbocycles. The monoisotopic (exact) mass is 447 g/mol. The van der Waals surface area contributed by atoms with E-state index >= 15 is 0 Å². The van der Waals surface area contributed by atoms with E-state index in [-0.39, 0.29) is 4.90 Å². The van der Waals surface area contributed by atoms with Crippen LogP contribution in [0.3, 0.4) is 0 Å². The van der Waals surface area contributed by atoms with Crippen LogP contribution < -0.4 is 14.2 Å². The van der Waals surface area contributed by atoms with Crippen molar-refractivity contribution in [2.24, 2.45) is 0 Å². The summed E-state index contributed by atoms with van der Waals surface area (Å²) >= 11 is 0. The maximum Gasteiger partial charge on any atom is 0.308 e. The Morgan fingerprint density at radius 1 is 1.03 bits per heavy atom. The maximum absolute atomic E-state index is 13.2. The molecule has 2 aromatic rings. The van der Waals surface area contributed by atoms with E-state index in [0.29, 0.717) is 17.1 Å². The van der Waals surface area contributed by atoms with E-state index in [9.17, 15) is 18.0 Å². The highest BCUT2D eigenvalue weighted by Gasteiger charge is 2.50. The molecule has 0 radical (unpaired) electrons. The highest BCUT2D eigenvalue weighted by atomic mass is 32.2. The molecule has 0 amide bonds. The lowest BCUT2D eigenvalue weighted by Crippen LogP contribution is -2.32. The molecule has 0 bridgehead atoms. The molecule has 1 heterocycles. The molecule has 3 rings (SSSR count). The van der Waals surface area contributed by atoms with Gasteiger partial charge in [0.25, 0.3) is 21.7 Å². The maximum atomic E-state index is 13.2. The Morgan fingerprint density at radius 2 is 1.61 bits per heavy atom. The zero-order chi connectivity index (χ0) is 22.8. The van der Waals surface area contributed by atoms with Crippen LogP contribution >= 0.6 is 0 Å². The van der Waals surface area contributed by atoms with E-state index in [2.05, 4.69) is 4.72 Å². The van der Waals surface area contributed by atoms with Crippen LogP contribution in [0.5, 0.6) is 11.5 Å². The van der Waals surface area contributed by atoms with Crippen LogP contribution in [0.2, 0.25) is 0 Å². The highest BCUT2D eigenvalue weighted by Crippen LogP contribution is 2.41. The van der Waals surface area contributed by atoms with Gasteiger partial charge in [-0.1, -0.05) is 18.2 Å². The summed E-state index contributed by atoms with van der Waals surface area (Å²) in [5, 5.41) is 0. The van der Waals surface area contributed by atoms with Crippen molar-refractivity contribution in [1.82, 2.24) is 4.72 Å². The zero-order valence-corrected chi connectivity index (χ0v) is 18.1. The molecule has 0 spiro atoms. The third-order valence-electron chi connectivity index (χ3n) is 4.58. The number of carbonyl (C=O) groups excluding carboxylic acids is 2. The first-order chi connectivity index (χ1) is 14.6. The number of ether oxygens (including phenoxy) is 4. The van der Waals surface area contributed by atoms with E-state index in [1.807, 2.05) is 0 Å². The minimum atomic E-state index is -4.12. The number of hydrogen-bond acceptors (Lipinski definition) is 8. The van der Waals surface area contributed by atoms with Crippen molar-refractivity contribution in [3.8, 4) is 11.5 Å². The van der Waals surface area contributed by atoms with Gasteiger partial charge < -0.3 is 18.9 Å². The molecule has 1 unspecified atom stereocenters. The van der Waals surface area contributed by atoms with E-state index in [1.165, 1.54) is 33.3 Å². The minimum Gasteiger partial charge on any atom is -0.497 e. The molecule has 1 N–H and O–H groups in total. The fourth-order valence-corrected chi connectivity index (χ4v) is 3.99. The Hall–Kier alpha value is -3.53. The Balaban J connectivity index is 2.06. The van der Waals surface area contributed by atoms with E-state index in [4.69, 9.17) is 18.9 Å². The molecule has 0 aromatic heterocycles. The number of hydrogen-bond donors (Lipinski definition) is 1. The van der Waals surface area contributed by atoms with E-state index in [1.54, 1.807) is 36.4 Å². The quantitative estimate of drug-likeness (QED) is 0.642. The summed E-state index contributed by atoms with van der Waals surface area (Å²) in [5.41, 5.74) is -1.39. The first kappa shape index (κ1) is 22.2. The first-order valence-corrected chi connectivity index (χ1v) is 10.6. The molecular weight excluding hydrogens is 426 g/mol. The Morgan fingerprint density at radius 3 is 2.13 bits per heavy atom. The predicted molar refractivity (Wildman–Crippen MR) is 109 cm³/mol. The Labute approximate surface area is 179 Å². The molecule has 10 heteroatoms. The second kappa shape index (κ2) is 8.31. The van der Waals surface area contributed by atoms with Crippen molar-refractivity contribution >= 4 is 21.8 Å². The van der Waals surface area contributed by atoms with Gasteiger partial charge >= 0.3 is 5.97 Å². The summed E-state index contributed by atoms with van der Waals surface area (Å²) < 4.78 is 49.0. The van der Waals surface area contributed by atoms with Crippen LogP contribution in [-0.2, 0) is 34.7 Å². The molecule has 164 valence electrons. The third-order valence-corrected chi connectivity index (χ3v) is 5.93. The van der Waals surface area contributed by atoms with E-state index < -0.39 is 39.0 Å². The van der Waals surface area contributed by atoms with E-state index in [0.717, 1.165) is 6.92 Å². The lowest BCUT2D eigenvalue weighted by Gasteiger charge is -2.24. The van der Waals surface area contributed by atoms with Crippen molar-refractivity contribution < 1.29 is 37.0 Å². The highest BCUT2D eigenvalue weighted by molar-refractivity contribution is 7.89. The van der Waals surface area contributed by atoms with Gasteiger partial charge in [0.15, 0.2) is 5.60 Å². The number of benzene rings is 2. The van der Waals surface area contributed by atoms with Gasteiger partial charge in [0.2, 0.25) is 5.76 Å². The van der Waals surface area contributed by atoms with Crippen LogP contribution in [0, 0.1) is 0 Å². The SMILES string of the molecule is COc1cc(OC)cc(C2(C)OC(NS(=O)(=O)c3ccccc3)=C(OC(C)=O)C2=O)c1. The van der Waals surface area contributed by atoms with Crippen LogP contribution in [0.15, 0.2) is 65.1 Å². The predicted octanol–water partition coefficient (Wildman–Crippen LogP) is 2.23. The summed E-state index contributed by atoms with van der Waals surface area (Å²) in [6.07, 6.45) is 0. The number of Topliss-reactive ketones (excluding diaryl/α,β-unsaturated/α-hetero) is 1. The van der Waals surface area contributed by atoms with Crippen LogP contribution in [-0.4, -0.2) is 34.4 Å². The number of esters is 1. The molecule has 9 nitrogen and oxygen atoms in total. The number of sulfonamides is 1. The average molecular weight is 447 g/mol. The Bertz CT molecular complexity index is 1130. The smallest absolute Gasteiger partial charge is 0.308 e. The number of ketones is 1. The molecule has 1 aliphatic heterocycles. The lowest BCUT2D eigenvalue weighted by molar-refractivity contribution is -0.142. The fourth-order valence-electron chi connectivity index (χ4n) is 2.97. The summed E-state index contributed by atoms with van der Waals surface area (Å²) in [5.74, 6) is -1.82. The van der Waals surface area contributed by atoms with Gasteiger partial charge in [0.05, 0.1) is 19.1 Å². The van der Waals surface area contributed by atoms with Crippen molar-refractivity contribution in [3.05, 3.63) is 65.7 Å². The second-order valence-electron chi connectivity index (χ2n) is 6.74. The summed E-state index contributed by atoms with van der Waals surface area (Å²) in [6.45, 7) is 2.52. The summed E-state index contributed by atoms with van der Waals surface area (Å²) in [6, 6.07) is 12.2. The molecule has 31 heavy (non-hydrogen) atoms. The largest absolute Gasteiger partial charge is 0.497 e. The molecule has 0 saturated carbocycles. The average Bonchev–Trinajstić information content (AvgIpc) is 2.98. The molecule has 2 aromatic carbocycles. The normalized spacial score (nSPS) is 18.4. The van der Waals surface area contributed by atoms with Crippen LogP contribution in [0.25, 0.3) is 0 Å². The summed E-state index contributed by atoms with van der Waals surface area (Å²) in [4.78, 5) is 24.8. The topological polar surface area (TPSA) is 117 Å². The minimum absolute atomic E-state index is 0.0580. The second-order valence-corrected chi connectivity index (χ2v) is 8.42. The van der Waals surface area contributed by atoms with Crippen LogP contribution in [0.4, 0.5) is 0 Å². The molecule has 0 fully saturated rings. The molecule has 0 saturated heterocycles. The van der Waals surface area contributed by atoms with Gasteiger partial charge in [0.1, 0.15) is 11.5 Å². The number of nitrogens with one attached hydrogen (secondary N) is 1. The molecule has 1 atom stereocenters. The van der Waals surface area contributed by atoms with Gasteiger partial charge in [0, 0.05) is 18.6 Å². The lowest BCUT2D eigenvalue weighted by atomic mass is 9.91. The standard InChI is InChI=1S/C21H21NO8S/c1-13(23)29-18-19(24)21(2,14-10-15(27-3)12-16(11-14)28-4)30-20(18)22-31(25,26)17-8-6-5-7-9-17/h5-12,22H,1-4H3. The van der Waals surface area contributed by atoms with Crippen molar-refractivity contribution in [1.29, 1.82) is 0 Å². The molecule has 1 aliphatic rings. The third kappa shape index (κ3) is 4.33. The van der Waals surface area contributed by atoms with Gasteiger partial charge in [-0.3, -0.25) is 9.59 Å². The molecular formula is C21H21NO8S. The van der Waals surface area contributed by atoms with Gasteiger partial charge in [-0.2, -0.15) is 0 Å². The van der Waals surface area contributed by atoms with Crippen molar-refractivity contribution in [3.63, 3.8) is 0 Å². The van der Waals surface area contributed by atoms with Gasteiger partial charge in [-0.15, -0.1) is 0 Å². The first-order valence-electron chi connectivity index (χ1n) is 9.08. The number of carbonyl (C=O) groups is 2. The zero-order valence-electron chi connectivity index (χ0n) is 17.3. The van der Waals surface area contributed by atoms with Crippen molar-refractivity contribution in [2.75, 3.05) is 14.2 Å².